The van der Waals surface area contributed by atoms with Gasteiger partial charge in [-0.3, -0.25) is 9.79 Å². The molecule has 1 saturated carbocycles. The highest BCUT2D eigenvalue weighted by molar-refractivity contribution is 5.81. The third-order valence-electron chi connectivity index (χ3n) is 4.81. The number of aliphatic hydroxyl groups is 1. The summed E-state index contributed by atoms with van der Waals surface area (Å²) in [5.74, 6) is 1.52. The van der Waals surface area contributed by atoms with Crippen LogP contribution < -0.4 is 5.32 Å². The topological polar surface area (TPSA) is 68.2 Å². The fourth-order valence-electron chi connectivity index (χ4n) is 3.36. The minimum Gasteiger partial charge on any atom is -0.393 e. The normalized spacial score (nSPS) is 26.0. The average molecular weight is 324 g/mol. The Bertz CT molecular complexity index is 417. The van der Waals surface area contributed by atoms with E-state index in [1.165, 1.54) is 0 Å². The summed E-state index contributed by atoms with van der Waals surface area (Å²) >= 11 is 0. The summed E-state index contributed by atoms with van der Waals surface area (Å²) < 4.78 is 0. The van der Waals surface area contributed by atoms with Gasteiger partial charge >= 0.3 is 0 Å². The lowest BCUT2D eigenvalue weighted by Gasteiger charge is -2.37. The van der Waals surface area contributed by atoms with Crippen molar-refractivity contribution >= 4 is 11.9 Å². The third kappa shape index (κ3) is 4.83. The van der Waals surface area contributed by atoms with E-state index in [4.69, 9.17) is 4.99 Å². The Morgan fingerprint density at radius 3 is 2.39 bits per heavy atom. The second-order valence-electron chi connectivity index (χ2n) is 6.92. The number of carbonyl (C=O) groups is 1. The van der Waals surface area contributed by atoms with E-state index in [1.807, 2.05) is 18.7 Å². The van der Waals surface area contributed by atoms with Crippen molar-refractivity contribution in [3.8, 4) is 0 Å². The molecular weight excluding hydrogens is 292 g/mol. The van der Waals surface area contributed by atoms with Gasteiger partial charge in [-0.2, -0.15) is 0 Å². The molecule has 6 nitrogen and oxygen atoms in total. The van der Waals surface area contributed by atoms with Gasteiger partial charge in [0.25, 0.3) is 0 Å². The van der Waals surface area contributed by atoms with Crippen LogP contribution in [0.15, 0.2) is 4.99 Å². The van der Waals surface area contributed by atoms with Crippen LogP contribution in [0.4, 0.5) is 0 Å². The van der Waals surface area contributed by atoms with E-state index < -0.39 is 0 Å². The van der Waals surface area contributed by atoms with E-state index in [0.29, 0.717) is 12.5 Å². The van der Waals surface area contributed by atoms with Crippen LogP contribution in [0.5, 0.6) is 0 Å². The van der Waals surface area contributed by atoms with Crippen molar-refractivity contribution in [2.45, 2.75) is 46.1 Å². The number of rotatable bonds is 4. The van der Waals surface area contributed by atoms with Gasteiger partial charge in [0.1, 0.15) is 0 Å². The number of aliphatic hydroxyl groups excluding tert-OH is 1. The van der Waals surface area contributed by atoms with Gasteiger partial charge in [0, 0.05) is 51.1 Å². The summed E-state index contributed by atoms with van der Waals surface area (Å²) in [7, 11) is 0. The molecule has 2 unspecified atom stereocenters. The van der Waals surface area contributed by atoms with E-state index in [9.17, 15) is 9.90 Å². The molecule has 2 N–H and O–H groups in total. The van der Waals surface area contributed by atoms with E-state index in [1.54, 1.807) is 0 Å². The molecule has 132 valence electrons. The molecular formula is C17H32N4O2. The molecule has 1 saturated heterocycles. The highest BCUT2D eigenvalue weighted by Gasteiger charge is 2.27. The summed E-state index contributed by atoms with van der Waals surface area (Å²) in [5, 5.41) is 13.3. The lowest BCUT2D eigenvalue weighted by atomic mass is 10.1. The summed E-state index contributed by atoms with van der Waals surface area (Å²) in [6, 6.07) is 0. The van der Waals surface area contributed by atoms with Crippen LogP contribution in [-0.2, 0) is 4.79 Å². The van der Waals surface area contributed by atoms with Crippen molar-refractivity contribution in [1.82, 2.24) is 15.1 Å². The number of aliphatic imine (C=N–C) groups is 1. The number of carbonyl (C=O) groups excluding carboxylic acids is 1. The Hall–Kier alpha value is -1.30. The molecule has 0 spiro atoms. The Balaban J connectivity index is 1.90. The van der Waals surface area contributed by atoms with Gasteiger partial charge in [-0.25, -0.2) is 0 Å². The zero-order valence-electron chi connectivity index (χ0n) is 14.8. The maximum atomic E-state index is 12.1. The molecule has 1 heterocycles. The van der Waals surface area contributed by atoms with Crippen molar-refractivity contribution in [3.63, 3.8) is 0 Å². The number of nitrogens with one attached hydrogen (secondary N) is 1. The zero-order chi connectivity index (χ0) is 16.8. The predicted molar refractivity (Wildman–Crippen MR) is 92.3 cm³/mol. The molecule has 23 heavy (non-hydrogen) atoms. The molecule has 2 atom stereocenters. The lowest BCUT2D eigenvalue weighted by Crippen LogP contribution is -2.54. The Morgan fingerprint density at radius 1 is 1.22 bits per heavy atom. The molecule has 0 aromatic heterocycles. The van der Waals surface area contributed by atoms with E-state index >= 15 is 0 Å². The minimum atomic E-state index is -0.192. The molecule has 1 aliphatic carbocycles. The first-order valence-electron chi connectivity index (χ1n) is 9.03. The lowest BCUT2D eigenvalue weighted by molar-refractivity contribution is -0.135. The minimum absolute atomic E-state index is 0.0623. The summed E-state index contributed by atoms with van der Waals surface area (Å²) in [6.45, 7) is 10.6. The Kier molecular flexibility index (Phi) is 6.69. The monoisotopic (exact) mass is 324 g/mol. The molecule has 0 aromatic rings. The first kappa shape index (κ1) is 18.0. The standard InChI is InChI=1S/C17H32N4O2/c1-4-18-17(19-12-14-6-5-7-15(14)22)21-10-8-20(9-11-21)16(23)13(2)3/h13-15,22H,4-12H2,1-3H3,(H,18,19). The first-order chi connectivity index (χ1) is 11.0. The van der Waals surface area contributed by atoms with Gasteiger partial charge in [0.15, 0.2) is 5.96 Å². The van der Waals surface area contributed by atoms with Gasteiger partial charge in [0.2, 0.25) is 5.91 Å². The number of hydrogen-bond acceptors (Lipinski definition) is 3. The quantitative estimate of drug-likeness (QED) is 0.596. The first-order valence-corrected chi connectivity index (χ1v) is 9.03. The molecule has 1 aliphatic heterocycles. The van der Waals surface area contributed by atoms with Crippen molar-refractivity contribution in [1.29, 1.82) is 0 Å². The van der Waals surface area contributed by atoms with Crippen molar-refractivity contribution in [3.05, 3.63) is 0 Å². The highest BCUT2D eigenvalue weighted by Crippen LogP contribution is 2.25. The van der Waals surface area contributed by atoms with Crippen LogP contribution in [0.25, 0.3) is 0 Å². The molecule has 0 bridgehead atoms. The van der Waals surface area contributed by atoms with Crippen molar-refractivity contribution in [2.24, 2.45) is 16.8 Å². The summed E-state index contributed by atoms with van der Waals surface area (Å²) in [6.07, 6.45) is 2.89. The van der Waals surface area contributed by atoms with Gasteiger partial charge in [-0.05, 0) is 19.8 Å². The fourth-order valence-corrected chi connectivity index (χ4v) is 3.36. The second kappa shape index (κ2) is 8.52. The molecule has 1 amide bonds. The molecule has 0 radical (unpaired) electrons. The molecule has 2 rings (SSSR count). The second-order valence-corrected chi connectivity index (χ2v) is 6.92. The van der Waals surface area contributed by atoms with Gasteiger partial charge in [0.05, 0.1) is 6.10 Å². The van der Waals surface area contributed by atoms with Crippen LogP contribution in [-0.4, -0.2) is 72.1 Å². The van der Waals surface area contributed by atoms with Crippen LogP contribution in [0.1, 0.15) is 40.0 Å². The molecule has 0 aromatic carbocycles. The van der Waals surface area contributed by atoms with Crippen molar-refractivity contribution in [2.75, 3.05) is 39.3 Å². The Morgan fingerprint density at radius 2 is 1.87 bits per heavy atom. The van der Waals surface area contributed by atoms with Crippen LogP contribution in [0, 0.1) is 11.8 Å². The SMILES string of the molecule is CCNC(=NCC1CCCC1O)N1CCN(C(=O)C(C)C)CC1. The smallest absolute Gasteiger partial charge is 0.225 e. The largest absolute Gasteiger partial charge is 0.393 e. The highest BCUT2D eigenvalue weighted by atomic mass is 16.3. The number of amides is 1. The van der Waals surface area contributed by atoms with E-state index in [0.717, 1.165) is 57.9 Å². The number of guanidine groups is 1. The van der Waals surface area contributed by atoms with Gasteiger partial charge in [-0.15, -0.1) is 0 Å². The summed E-state index contributed by atoms with van der Waals surface area (Å²) in [4.78, 5) is 21.0. The number of nitrogens with zero attached hydrogens (tertiary/aromatic N) is 3. The van der Waals surface area contributed by atoms with Gasteiger partial charge < -0.3 is 20.2 Å². The van der Waals surface area contributed by atoms with Crippen molar-refractivity contribution < 1.29 is 9.90 Å². The van der Waals surface area contributed by atoms with E-state index in [-0.39, 0.29) is 17.9 Å². The molecule has 2 fully saturated rings. The number of piperazine rings is 1. The maximum Gasteiger partial charge on any atom is 0.225 e. The van der Waals surface area contributed by atoms with Crippen LogP contribution in [0.2, 0.25) is 0 Å². The zero-order valence-corrected chi connectivity index (χ0v) is 14.8. The summed E-state index contributed by atoms with van der Waals surface area (Å²) in [5.41, 5.74) is 0. The third-order valence-corrected chi connectivity index (χ3v) is 4.81. The van der Waals surface area contributed by atoms with E-state index in [2.05, 4.69) is 17.1 Å². The Labute approximate surface area is 139 Å². The van der Waals surface area contributed by atoms with Crippen LogP contribution >= 0.6 is 0 Å². The molecule has 2 aliphatic rings. The average Bonchev–Trinajstić information content (AvgIpc) is 2.96. The molecule has 6 heteroatoms. The fraction of sp³-hybridized carbons (Fsp3) is 0.882. The predicted octanol–water partition coefficient (Wildman–Crippen LogP) is 0.913. The van der Waals surface area contributed by atoms with Gasteiger partial charge in [-0.1, -0.05) is 20.3 Å². The number of hydrogen-bond donors (Lipinski definition) is 2. The maximum absolute atomic E-state index is 12.1. The van der Waals surface area contributed by atoms with Crippen LogP contribution in [0.3, 0.4) is 0 Å².